The molecule has 5 heteroatoms. The van der Waals surface area contributed by atoms with E-state index in [1.165, 1.54) is 24.0 Å². The number of amides is 1. The van der Waals surface area contributed by atoms with Gasteiger partial charge in [-0.1, -0.05) is 29.8 Å². The van der Waals surface area contributed by atoms with Crippen LogP contribution in [0, 0.1) is 6.92 Å². The zero-order valence-corrected chi connectivity index (χ0v) is 13.3. The lowest BCUT2D eigenvalue weighted by Crippen LogP contribution is -2.37. The number of phenolic OH excluding ortho intramolecular Hbond substituents is 1. The van der Waals surface area contributed by atoms with Crippen LogP contribution in [0.1, 0.15) is 22.8 Å². The number of ether oxygens (including phenoxy) is 1. The average Bonchev–Trinajstić information content (AvgIpc) is 2.56. The molecule has 0 aliphatic rings. The quantitative estimate of drug-likeness (QED) is 0.881. The summed E-state index contributed by atoms with van der Waals surface area (Å²) in [6.45, 7) is 3.31. The number of para-hydroxylation sites is 1. The van der Waals surface area contributed by atoms with E-state index in [9.17, 15) is 14.7 Å². The van der Waals surface area contributed by atoms with Crippen LogP contribution in [-0.4, -0.2) is 30.1 Å². The molecule has 1 atom stereocenters. The summed E-state index contributed by atoms with van der Waals surface area (Å²) >= 11 is 0. The van der Waals surface area contributed by atoms with Crippen LogP contribution in [-0.2, 0) is 9.53 Å². The Hall–Kier alpha value is -2.82. The van der Waals surface area contributed by atoms with E-state index in [1.54, 1.807) is 32.2 Å². The Kier molecular flexibility index (Phi) is 5.01. The molecule has 0 fully saturated rings. The smallest absolute Gasteiger partial charge is 0.342 e. The van der Waals surface area contributed by atoms with Crippen LogP contribution in [0.2, 0.25) is 0 Å². The number of likely N-dealkylation sites (N-methyl/N-ethyl adjacent to an activating group) is 1. The number of carbonyl (C=O) groups is 2. The maximum atomic E-state index is 12.3. The molecule has 1 N–H and O–H groups in total. The summed E-state index contributed by atoms with van der Waals surface area (Å²) in [5.74, 6) is -1.25. The Bertz CT molecular complexity index is 712. The van der Waals surface area contributed by atoms with E-state index >= 15 is 0 Å². The molecule has 0 saturated carbocycles. The molecule has 5 nitrogen and oxygen atoms in total. The van der Waals surface area contributed by atoms with Crippen molar-refractivity contribution in [1.82, 2.24) is 0 Å². The minimum atomic E-state index is -0.965. The number of nitrogens with zero attached hydrogens (tertiary/aromatic N) is 1. The number of rotatable bonds is 4. The molecule has 0 radical (unpaired) electrons. The second-order valence-corrected chi connectivity index (χ2v) is 5.30. The molecule has 2 rings (SSSR count). The van der Waals surface area contributed by atoms with Crippen molar-refractivity contribution < 1.29 is 19.4 Å². The number of hydrogen-bond donors (Lipinski definition) is 1. The van der Waals surface area contributed by atoms with Crippen LogP contribution in [0.5, 0.6) is 5.75 Å². The zero-order valence-electron chi connectivity index (χ0n) is 13.3. The lowest BCUT2D eigenvalue weighted by atomic mass is 10.1. The third-order valence-corrected chi connectivity index (χ3v) is 3.48. The Labute approximate surface area is 135 Å². The fourth-order valence-electron chi connectivity index (χ4n) is 2.14. The van der Waals surface area contributed by atoms with Gasteiger partial charge >= 0.3 is 5.97 Å². The van der Waals surface area contributed by atoms with Gasteiger partial charge in [0.1, 0.15) is 11.3 Å². The van der Waals surface area contributed by atoms with Gasteiger partial charge in [0.05, 0.1) is 0 Å². The SMILES string of the molecule is Cc1ccc(O)c(C(=O)O[C@@H](C)C(=O)N(C)c2ccccc2)c1. The molecule has 0 heterocycles. The molecule has 1 amide bonds. The van der Waals surface area contributed by atoms with Gasteiger partial charge in [-0.05, 0) is 38.1 Å². The number of esters is 1. The molecule has 0 aromatic heterocycles. The minimum Gasteiger partial charge on any atom is -0.507 e. The molecule has 2 aromatic carbocycles. The lowest BCUT2D eigenvalue weighted by Gasteiger charge is -2.21. The third kappa shape index (κ3) is 3.88. The number of phenols is 1. The van der Waals surface area contributed by atoms with Crippen LogP contribution in [0.3, 0.4) is 0 Å². The number of anilines is 1. The summed E-state index contributed by atoms with van der Waals surface area (Å²) in [6.07, 6.45) is -0.965. The highest BCUT2D eigenvalue weighted by Crippen LogP contribution is 2.20. The van der Waals surface area contributed by atoms with Crippen LogP contribution >= 0.6 is 0 Å². The molecule has 0 unspecified atom stereocenters. The molecule has 23 heavy (non-hydrogen) atoms. The number of aromatic hydroxyl groups is 1. The number of aryl methyl sites for hydroxylation is 1. The highest BCUT2D eigenvalue weighted by atomic mass is 16.5. The van der Waals surface area contributed by atoms with Gasteiger partial charge in [-0.3, -0.25) is 4.79 Å². The molecule has 120 valence electrons. The first-order valence-electron chi connectivity index (χ1n) is 7.23. The van der Waals surface area contributed by atoms with Gasteiger partial charge in [0.25, 0.3) is 5.91 Å². The molecular weight excluding hydrogens is 294 g/mol. The van der Waals surface area contributed by atoms with Crippen LogP contribution in [0.25, 0.3) is 0 Å². The molecule has 2 aromatic rings. The summed E-state index contributed by atoms with van der Waals surface area (Å²) < 4.78 is 5.19. The van der Waals surface area contributed by atoms with Gasteiger partial charge in [0.15, 0.2) is 6.10 Å². The minimum absolute atomic E-state index is 0.0482. The van der Waals surface area contributed by atoms with Crippen molar-refractivity contribution in [3.05, 3.63) is 59.7 Å². The van der Waals surface area contributed by atoms with Crippen LogP contribution < -0.4 is 4.90 Å². The predicted molar refractivity (Wildman–Crippen MR) is 87.6 cm³/mol. The third-order valence-electron chi connectivity index (χ3n) is 3.48. The number of benzene rings is 2. The van der Waals surface area contributed by atoms with Crippen molar-refractivity contribution in [2.45, 2.75) is 20.0 Å². The number of hydrogen-bond acceptors (Lipinski definition) is 4. The highest BCUT2D eigenvalue weighted by molar-refractivity contribution is 5.99. The molecule has 0 aliphatic carbocycles. The van der Waals surface area contributed by atoms with Crippen molar-refractivity contribution in [3.63, 3.8) is 0 Å². The fraction of sp³-hybridized carbons (Fsp3) is 0.222. The van der Waals surface area contributed by atoms with Gasteiger partial charge < -0.3 is 14.7 Å². The normalized spacial score (nSPS) is 11.6. The Balaban J connectivity index is 2.09. The van der Waals surface area contributed by atoms with Crippen LogP contribution in [0.15, 0.2) is 48.5 Å². The summed E-state index contributed by atoms with van der Waals surface area (Å²) in [4.78, 5) is 25.9. The molecular formula is C18H19NO4. The van der Waals surface area contributed by atoms with E-state index in [0.29, 0.717) is 5.69 Å². The van der Waals surface area contributed by atoms with E-state index in [4.69, 9.17) is 4.74 Å². The molecule has 0 saturated heterocycles. The zero-order chi connectivity index (χ0) is 17.0. The summed E-state index contributed by atoms with van der Waals surface area (Å²) in [5.41, 5.74) is 1.57. The van der Waals surface area contributed by atoms with Gasteiger partial charge in [0.2, 0.25) is 0 Å². The van der Waals surface area contributed by atoms with Gasteiger partial charge in [-0.15, -0.1) is 0 Å². The standard InChI is InChI=1S/C18H19NO4/c1-12-9-10-16(20)15(11-12)18(22)23-13(2)17(21)19(3)14-7-5-4-6-8-14/h4-11,13,20H,1-3H3/t13-/m0/s1. The topological polar surface area (TPSA) is 66.8 Å². The Morgan fingerprint density at radius 2 is 1.78 bits per heavy atom. The number of carbonyl (C=O) groups excluding carboxylic acids is 2. The Morgan fingerprint density at radius 1 is 1.13 bits per heavy atom. The van der Waals surface area contributed by atoms with Gasteiger partial charge in [-0.2, -0.15) is 0 Å². The van der Waals surface area contributed by atoms with E-state index in [0.717, 1.165) is 5.56 Å². The van der Waals surface area contributed by atoms with Crippen molar-refractivity contribution in [3.8, 4) is 5.75 Å². The highest BCUT2D eigenvalue weighted by Gasteiger charge is 2.24. The second kappa shape index (κ2) is 6.96. The van der Waals surface area contributed by atoms with Crippen molar-refractivity contribution in [1.29, 1.82) is 0 Å². The lowest BCUT2D eigenvalue weighted by molar-refractivity contribution is -0.126. The fourth-order valence-corrected chi connectivity index (χ4v) is 2.14. The van der Waals surface area contributed by atoms with Crippen molar-refractivity contribution >= 4 is 17.6 Å². The summed E-state index contributed by atoms with van der Waals surface area (Å²) in [7, 11) is 1.62. The average molecular weight is 313 g/mol. The first-order valence-corrected chi connectivity index (χ1v) is 7.23. The summed E-state index contributed by atoms with van der Waals surface area (Å²) in [5, 5.41) is 9.75. The Morgan fingerprint density at radius 3 is 2.43 bits per heavy atom. The van der Waals surface area contributed by atoms with E-state index in [2.05, 4.69) is 0 Å². The molecule has 0 aliphatic heterocycles. The second-order valence-electron chi connectivity index (χ2n) is 5.30. The predicted octanol–water partition coefficient (Wildman–Crippen LogP) is 2.91. The van der Waals surface area contributed by atoms with E-state index in [-0.39, 0.29) is 17.2 Å². The first kappa shape index (κ1) is 16.5. The van der Waals surface area contributed by atoms with E-state index in [1.807, 2.05) is 18.2 Å². The molecule has 0 spiro atoms. The maximum absolute atomic E-state index is 12.3. The summed E-state index contributed by atoms with van der Waals surface area (Å²) in [6, 6.07) is 13.7. The van der Waals surface area contributed by atoms with Crippen molar-refractivity contribution in [2.75, 3.05) is 11.9 Å². The van der Waals surface area contributed by atoms with Gasteiger partial charge in [-0.25, -0.2) is 4.79 Å². The monoisotopic (exact) mass is 313 g/mol. The maximum Gasteiger partial charge on any atom is 0.342 e. The van der Waals surface area contributed by atoms with Crippen molar-refractivity contribution in [2.24, 2.45) is 0 Å². The van der Waals surface area contributed by atoms with Crippen LogP contribution in [0.4, 0.5) is 5.69 Å². The van der Waals surface area contributed by atoms with Gasteiger partial charge in [0, 0.05) is 12.7 Å². The molecule has 0 bridgehead atoms. The first-order chi connectivity index (χ1) is 10.9. The largest absolute Gasteiger partial charge is 0.507 e. The van der Waals surface area contributed by atoms with E-state index < -0.39 is 12.1 Å².